The van der Waals surface area contributed by atoms with Gasteiger partial charge in [0.05, 0.1) is 11.6 Å². The maximum absolute atomic E-state index is 13.7. The van der Waals surface area contributed by atoms with Crippen molar-refractivity contribution in [3.05, 3.63) is 87.4 Å². The second kappa shape index (κ2) is 8.57. The van der Waals surface area contributed by atoms with E-state index >= 15 is 0 Å². The number of benzene rings is 2. The van der Waals surface area contributed by atoms with E-state index in [1.54, 1.807) is 20.2 Å². The highest BCUT2D eigenvalue weighted by Crippen LogP contribution is 2.52. The maximum atomic E-state index is 13.7. The molecule has 192 valence electrons. The Balaban J connectivity index is 1.68. The van der Waals surface area contributed by atoms with Crippen LogP contribution in [0.3, 0.4) is 0 Å². The molecule has 3 aliphatic rings. The first-order valence-corrected chi connectivity index (χ1v) is 12.0. The van der Waals surface area contributed by atoms with E-state index in [2.05, 4.69) is 0 Å². The number of phenols is 1. The van der Waals surface area contributed by atoms with Gasteiger partial charge in [-0.15, -0.1) is 0 Å². The van der Waals surface area contributed by atoms with Gasteiger partial charge in [0, 0.05) is 11.5 Å². The summed E-state index contributed by atoms with van der Waals surface area (Å²) in [5.74, 6) is -6.53. The molecule has 3 aliphatic carbocycles. The van der Waals surface area contributed by atoms with Crippen molar-refractivity contribution in [3.63, 3.8) is 0 Å². The zero-order valence-corrected chi connectivity index (χ0v) is 20.4. The van der Waals surface area contributed by atoms with Crippen molar-refractivity contribution in [1.29, 1.82) is 0 Å². The lowest BCUT2D eigenvalue weighted by Gasteiger charge is -2.50. The third kappa shape index (κ3) is 3.49. The molecule has 2 aromatic carbocycles. The highest BCUT2D eigenvalue weighted by molar-refractivity contribution is 6.24. The van der Waals surface area contributed by atoms with Gasteiger partial charge >= 0.3 is 0 Å². The molecule has 6 N–H and O–H groups in total. The lowest BCUT2D eigenvalue weighted by Crippen LogP contribution is -2.63. The second-order valence-corrected chi connectivity index (χ2v) is 10.2. The number of carbonyl (C=O) groups is 3. The van der Waals surface area contributed by atoms with Crippen molar-refractivity contribution in [2.75, 3.05) is 14.1 Å². The number of hydrogen-bond donors (Lipinski definition) is 5. The van der Waals surface area contributed by atoms with E-state index in [1.807, 2.05) is 30.3 Å². The predicted octanol–water partition coefficient (Wildman–Crippen LogP) is 1.71. The number of phenolic OH excluding ortho intramolecular Hbond substituents is 1. The molecule has 0 saturated carbocycles. The van der Waals surface area contributed by atoms with Gasteiger partial charge in [0.1, 0.15) is 22.8 Å². The molecule has 0 unspecified atom stereocenters. The Morgan fingerprint density at radius 1 is 1.08 bits per heavy atom. The minimum Gasteiger partial charge on any atom is -0.510 e. The first kappa shape index (κ1) is 24.7. The number of fused-ring (bicyclic) bond motifs is 3. The topological polar surface area (TPSA) is 161 Å². The van der Waals surface area contributed by atoms with Gasteiger partial charge in [-0.05, 0) is 62.0 Å². The molecule has 0 bridgehead atoms. The third-order valence-electron chi connectivity index (χ3n) is 7.94. The van der Waals surface area contributed by atoms with Gasteiger partial charge in [-0.1, -0.05) is 36.4 Å². The molecule has 37 heavy (non-hydrogen) atoms. The summed E-state index contributed by atoms with van der Waals surface area (Å²) in [6.45, 7) is 0. The van der Waals surface area contributed by atoms with E-state index in [0.717, 1.165) is 11.1 Å². The van der Waals surface area contributed by atoms with Crippen LogP contribution in [0, 0.1) is 11.8 Å². The quantitative estimate of drug-likeness (QED) is 0.393. The summed E-state index contributed by atoms with van der Waals surface area (Å²) in [5.41, 5.74) is 4.26. The molecule has 0 aliphatic heterocycles. The molecule has 9 heteroatoms. The third-order valence-corrected chi connectivity index (χ3v) is 7.94. The number of aliphatic hydroxyl groups is 3. The second-order valence-electron chi connectivity index (χ2n) is 10.2. The fourth-order valence-corrected chi connectivity index (χ4v) is 6.30. The van der Waals surface area contributed by atoms with E-state index in [1.165, 1.54) is 11.0 Å². The van der Waals surface area contributed by atoms with E-state index in [0.29, 0.717) is 12.0 Å². The number of allylic oxidation sites excluding steroid dienone is 1. The van der Waals surface area contributed by atoms with Crippen LogP contribution >= 0.6 is 0 Å². The summed E-state index contributed by atoms with van der Waals surface area (Å²) in [7, 11) is 3.20. The molecule has 0 radical (unpaired) electrons. The van der Waals surface area contributed by atoms with Crippen LogP contribution in [0.4, 0.5) is 0 Å². The van der Waals surface area contributed by atoms with Gasteiger partial charge in [-0.2, -0.15) is 0 Å². The predicted molar refractivity (Wildman–Crippen MR) is 133 cm³/mol. The average molecular weight is 505 g/mol. The molecule has 2 aromatic rings. The Morgan fingerprint density at radius 2 is 1.76 bits per heavy atom. The lowest BCUT2D eigenvalue weighted by molar-refractivity contribution is -0.148. The van der Waals surface area contributed by atoms with E-state index < -0.39 is 58.0 Å². The molecule has 4 atom stereocenters. The summed E-state index contributed by atoms with van der Waals surface area (Å²) in [5, 5.41) is 44.5. The summed E-state index contributed by atoms with van der Waals surface area (Å²) < 4.78 is 0. The number of hydrogen-bond acceptors (Lipinski definition) is 8. The Morgan fingerprint density at radius 3 is 2.38 bits per heavy atom. The zero-order valence-electron chi connectivity index (χ0n) is 20.4. The first-order chi connectivity index (χ1) is 17.5. The first-order valence-electron chi connectivity index (χ1n) is 12.0. The lowest BCUT2D eigenvalue weighted by atomic mass is 9.58. The summed E-state index contributed by atoms with van der Waals surface area (Å²) in [6.07, 6.45) is 0.851. The number of aromatic hydroxyl groups is 1. The maximum Gasteiger partial charge on any atom is 0.255 e. The Bertz CT molecular complexity index is 1410. The van der Waals surface area contributed by atoms with Crippen LogP contribution in [-0.4, -0.2) is 68.5 Å². The van der Waals surface area contributed by atoms with Crippen molar-refractivity contribution in [1.82, 2.24) is 4.90 Å². The monoisotopic (exact) mass is 504 g/mol. The number of carbonyl (C=O) groups excluding carboxylic acids is 3. The van der Waals surface area contributed by atoms with Crippen LogP contribution in [0.2, 0.25) is 0 Å². The number of nitrogens with zero attached hydrogens (tertiary/aromatic N) is 1. The van der Waals surface area contributed by atoms with E-state index in [9.17, 15) is 34.8 Å². The fourth-order valence-electron chi connectivity index (χ4n) is 6.30. The number of amides is 1. The van der Waals surface area contributed by atoms with E-state index in [4.69, 9.17) is 5.73 Å². The van der Waals surface area contributed by atoms with Crippen LogP contribution < -0.4 is 5.73 Å². The van der Waals surface area contributed by atoms with Crippen molar-refractivity contribution < 1.29 is 34.8 Å². The molecule has 0 fully saturated rings. The SMILES string of the molecule is CN(C)[C@H]1C(O)=C(C(N)=O)C(=O)[C@]2(O)C(O)=C3C(=O)c4c(O)ccc(Cc5ccccc5)c4C[C@@H]3C[C@H]12. The van der Waals surface area contributed by atoms with Crippen molar-refractivity contribution in [3.8, 4) is 5.75 Å². The van der Waals surface area contributed by atoms with Crippen molar-refractivity contribution in [2.45, 2.75) is 30.9 Å². The van der Waals surface area contributed by atoms with Gasteiger partial charge in [0.25, 0.3) is 5.91 Å². The van der Waals surface area contributed by atoms with Crippen molar-refractivity contribution in [2.24, 2.45) is 17.6 Å². The van der Waals surface area contributed by atoms with Gasteiger partial charge < -0.3 is 26.2 Å². The normalized spacial score (nSPS) is 27.2. The number of likely N-dealkylation sites (N-methyl/N-ethyl adjacent to an activating group) is 1. The van der Waals surface area contributed by atoms with E-state index in [-0.39, 0.29) is 29.7 Å². The summed E-state index contributed by atoms with van der Waals surface area (Å²) in [6, 6.07) is 11.8. The number of ketones is 2. The molecule has 0 saturated heterocycles. The molecule has 0 heterocycles. The molecule has 9 nitrogen and oxygen atoms in total. The van der Waals surface area contributed by atoms with Crippen LogP contribution in [-0.2, 0) is 22.4 Å². The van der Waals surface area contributed by atoms with Gasteiger partial charge in [-0.3, -0.25) is 19.3 Å². The van der Waals surface area contributed by atoms with Crippen molar-refractivity contribution >= 4 is 17.5 Å². The molecule has 0 spiro atoms. The van der Waals surface area contributed by atoms with Crippen LogP contribution in [0.1, 0.15) is 33.5 Å². The fraction of sp³-hybridized carbons (Fsp3) is 0.321. The summed E-state index contributed by atoms with van der Waals surface area (Å²) >= 11 is 0. The number of aliphatic hydroxyl groups excluding tert-OH is 2. The molecule has 1 amide bonds. The molecular formula is C28H28N2O7. The number of rotatable bonds is 4. The minimum absolute atomic E-state index is 0.0224. The van der Waals surface area contributed by atoms with Crippen LogP contribution in [0.5, 0.6) is 5.75 Å². The number of nitrogens with two attached hydrogens (primary N) is 1. The minimum atomic E-state index is -2.64. The standard InChI is InChI=1S/C28H28N2O7/c1-30(2)22-17-12-15-11-16-14(10-13-6-4-3-5-7-13)8-9-18(31)20(16)23(32)19(15)25(34)28(17,37)26(35)21(24(22)33)27(29)36/h3-9,15,17,22,31,33-34,37H,10-12H2,1-2H3,(H2,29,36)/t15-,17-,22-,28-/m1/s1. The van der Waals surface area contributed by atoms with Gasteiger partial charge in [0.2, 0.25) is 5.78 Å². The molecule has 0 aromatic heterocycles. The molecular weight excluding hydrogens is 476 g/mol. The summed E-state index contributed by atoms with van der Waals surface area (Å²) in [4.78, 5) is 40.7. The highest BCUT2D eigenvalue weighted by atomic mass is 16.3. The zero-order chi connectivity index (χ0) is 26.8. The van der Waals surface area contributed by atoms with Crippen LogP contribution in [0.15, 0.2) is 65.1 Å². The van der Waals surface area contributed by atoms with Crippen LogP contribution in [0.25, 0.3) is 0 Å². The van der Waals surface area contributed by atoms with Gasteiger partial charge in [-0.25, -0.2) is 0 Å². The Hall–Kier alpha value is -3.95. The number of Topliss-reactive ketones (excluding diaryl/α,β-unsaturated/α-hetero) is 2. The van der Waals surface area contributed by atoms with Gasteiger partial charge in [0.15, 0.2) is 11.4 Å². The number of primary amides is 1. The Kier molecular flexibility index (Phi) is 5.73. The highest BCUT2D eigenvalue weighted by Gasteiger charge is 2.63. The molecule has 5 rings (SSSR count). The smallest absolute Gasteiger partial charge is 0.255 e. The average Bonchev–Trinajstić information content (AvgIpc) is 2.83. The largest absolute Gasteiger partial charge is 0.510 e. The Labute approximate surface area is 213 Å².